The van der Waals surface area contributed by atoms with Gasteiger partial charge in [0.15, 0.2) is 0 Å². The largest absolute Gasteiger partial charge is 0.311 e. The van der Waals surface area contributed by atoms with E-state index in [0.29, 0.717) is 11.3 Å². The first kappa shape index (κ1) is 13.7. The van der Waals surface area contributed by atoms with E-state index in [-0.39, 0.29) is 26.4 Å². The Kier molecular flexibility index (Phi) is 3.03. The molecule has 0 radical (unpaired) electrons. The number of rotatable bonds is 1. The number of benzene rings is 1. The van der Waals surface area contributed by atoms with Crippen molar-refractivity contribution < 1.29 is 14.5 Å². The molecule has 0 saturated carbocycles. The molecule has 2 amide bonds. The van der Waals surface area contributed by atoms with E-state index < -0.39 is 10.8 Å². The second-order valence-electron chi connectivity index (χ2n) is 4.37. The lowest BCUT2D eigenvalue weighted by molar-refractivity contribution is -0.384. The summed E-state index contributed by atoms with van der Waals surface area (Å²) < 4.78 is 0.261. The Balaban J connectivity index is 2.26. The Morgan fingerprint density at radius 1 is 1.38 bits per heavy atom. The fraction of sp³-hybridized carbons (Fsp3) is 0.0833. The average Bonchev–Trinajstić information content (AvgIpc) is 2.88. The summed E-state index contributed by atoms with van der Waals surface area (Å²) in [6.07, 6.45) is 0. The van der Waals surface area contributed by atoms with Crippen LogP contribution < -0.4 is 10.2 Å². The van der Waals surface area contributed by atoms with Crippen LogP contribution in [0.15, 0.2) is 23.1 Å². The van der Waals surface area contributed by atoms with Crippen LogP contribution in [-0.4, -0.2) is 28.1 Å². The first-order valence-electron chi connectivity index (χ1n) is 5.74. The Bertz CT molecular complexity index is 772. The highest BCUT2D eigenvalue weighted by atomic mass is 32.2. The SMILES string of the molecule is CN1C(=O)/C(=C2\SC(=S)NC2=O)c2cc([N+](=O)[O-])ccc21. The summed E-state index contributed by atoms with van der Waals surface area (Å²) >= 11 is 5.89. The number of anilines is 1. The van der Waals surface area contributed by atoms with E-state index in [1.807, 2.05) is 0 Å². The quantitative estimate of drug-likeness (QED) is 0.364. The van der Waals surface area contributed by atoms with Crippen molar-refractivity contribution >= 4 is 57.1 Å². The van der Waals surface area contributed by atoms with Gasteiger partial charge in [-0.2, -0.15) is 0 Å². The molecule has 2 aliphatic rings. The zero-order chi connectivity index (χ0) is 15.3. The molecule has 3 rings (SSSR count). The molecule has 21 heavy (non-hydrogen) atoms. The first-order valence-corrected chi connectivity index (χ1v) is 6.97. The monoisotopic (exact) mass is 321 g/mol. The number of non-ortho nitro benzene ring substituents is 1. The van der Waals surface area contributed by atoms with Gasteiger partial charge in [-0.1, -0.05) is 24.0 Å². The van der Waals surface area contributed by atoms with Gasteiger partial charge in [-0.25, -0.2) is 0 Å². The average molecular weight is 321 g/mol. The number of carbonyl (C=O) groups is 2. The highest BCUT2D eigenvalue weighted by Gasteiger charge is 2.38. The molecule has 9 heteroatoms. The van der Waals surface area contributed by atoms with E-state index in [2.05, 4.69) is 5.32 Å². The minimum Gasteiger partial charge on any atom is -0.311 e. The number of hydrogen-bond acceptors (Lipinski definition) is 6. The van der Waals surface area contributed by atoms with Gasteiger partial charge in [-0.15, -0.1) is 0 Å². The molecule has 0 aliphatic carbocycles. The second kappa shape index (κ2) is 4.64. The number of nitrogens with zero attached hydrogens (tertiary/aromatic N) is 2. The van der Waals surface area contributed by atoms with Crippen LogP contribution >= 0.6 is 24.0 Å². The molecule has 0 spiro atoms. The number of likely N-dealkylation sites (N-methyl/N-ethyl adjacent to an activating group) is 1. The van der Waals surface area contributed by atoms with Gasteiger partial charge in [0, 0.05) is 24.7 Å². The van der Waals surface area contributed by atoms with Crippen molar-refractivity contribution in [1.29, 1.82) is 0 Å². The van der Waals surface area contributed by atoms with Crippen LogP contribution in [0.1, 0.15) is 5.56 Å². The van der Waals surface area contributed by atoms with E-state index >= 15 is 0 Å². The van der Waals surface area contributed by atoms with Crippen molar-refractivity contribution in [3.8, 4) is 0 Å². The molecule has 2 aliphatic heterocycles. The number of thiocarbonyl (C=S) groups is 1. The number of carbonyl (C=O) groups excluding carboxylic acids is 2. The number of amides is 2. The molecule has 1 N–H and O–H groups in total. The van der Waals surface area contributed by atoms with E-state index in [1.165, 1.54) is 23.1 Å². The summed E-state index contributed by atoms with van der Waals surface area (Å²) in [5.74, 6) is -0.839. The second-order valence-corrected chi connectivity index (χ2v) is 6.06. The third-order valence-corrected chi connectivity index (χ3v) is 4.42. The number of hydrogen-bond donors (Lipinski definition) is 1. The van der Waals surface area contributed by atoms with Crippen LogP contribution in [0.4, 0.5) is 11.4 Å². The molecular weight excluding hydrogens is 314 g/mol. The van der Waals surface area contributed by atoms with Crippen LogP contribution in [0.5, 0.6) is 0 Å². The van der Waals surface area contributed by atoms with Gasteiger partial charge < -0.3 is 10.2 Å². The molecule has 1 aromatic rings. The van der Waals surface area contributed by atoms with Crippen LogP contribution in [0.2, 0.25) is 0 Å². The molecule has 1 saturated heterocycles. The normalized spacial score (nSPS) is 20.8. The zero-order valence-corrected chi connectivity index (χ0v) is 12.2. The van der Waals surface area contributed by atoms with Crippen molar-refractivity contribution in [2.45, 2.75) is 0 Å². The third kappa shape index (κ3) is 2.01. The molecule has 1 aromatic carbocycles. The van der Waals surface area contributed by atoms with Gasteiger partial charge in [0.1, 0.15) is 4.32 Å². The summed E-state index contributed by atoms with van der Waals surface area (Å²) in [4.78, 5) is 36.1. The van der Waals surface area contributed by atoms with Gasteiger partial charge in [0.2, 0.25) is 0 Å². The van der Waals surface area contributed by atoms with E-state index in [4.69, 9.17) is 12.2 Å². The van der Waals surface area contributed by atoms with Crippen molar-refractivity contribution in [1.82, 2.24) is 5.32 Å². The fourth-order valence-electron chi connectivity index (χ4n) is 2.22. The summed E-state index contributed by atoms with van der Waals surface area (Å²) in [6, 6.07) is 4.12. The van der Waals surface area contributed by atoms with Crippen LogP contribution in [0.25, 0.3) is 5.57 Å². The molecule has 106 valence electrons. The third-order valence-electron chi connectivity index (χ3n) is 3.18. The molecule has 0 bridgehead atoms. The Labute approximate surface area is 128 Å². The first-order chi connectivity index (χ1) is 9.90. The molecule has 1 fully saturated rings. The van der Waals surface area contributed by atoms with Gasteiger partial charge in [0.25, 0.3) is 17.5 Å². The summed E-state index contributed by atoms with van der Waals surface area (Å²) in [5, 5.41) is 13.3. The van der Waals surface area contributed by atoms with Crippen molar-refractivity contribution in [3.05, 3.63) is 38.8 Å². The standard InChI is InChI=1S/C12H7N3O4S2/c1-14-7-3-2-5(15(18)19)4-6(7)8(11(14)17)9-10(16)13-12(20)21-9/h2-4H,1H3,(H,13,16,20)/b9-8-. The van der Waals surface area contributed by atoms with Crippen LogP contribution in [0, 0.1) is 10.1 Å². The van der Waals surface area contributed by atoms with Gasteiger partial charge in [-0.05, 0) is 6.07 Å². The summed E-state index contributed by atoms with van der Waals surface area (Å²) in [7, 11) is 1.55. The van der Waals surface area contributed by atoms with Crippen LogP contribution in [0.3, 0.4) is 0 Å². The Morgan fingerprint density at radius 3 is 2.67 bits per heavy atom. The Morgan fingerprint density at radius 2 is 2.10 bits per heavy atom. The van der Waals surface area contributed by atoms with Crippen molar-refractivity contribution in [2.24, 2.45) is 0 Å². The van der Waals surface area contributed by atoms with Gasteiger partial charge >= 0.3 is 0 Å². The number of nitro benzene ring substituents is 1. The minimum atomic E-state index is -0.544. The molecule has 7 nitrogen and oxygen atoms in total. The molecular formula is C12H7N3O4S2. The fourth-order valence-corrected chi connectivity index (χ4v) is 3.34. The Hall–Kier alpha value is -2.26. The van der Waals surface area contributed by atoms with Crippen LogP contribution in [-0.2, 0) is 9.59 Å². The lowest BCUT2D eigenvalue weighted by Crippen LogP contribution is -2.22. The number of fused-ring (bicyclic) bond motifs is 1. The minimum absolute atomic E-state index is 0.138. The lowest BCUT2D eigenvalue weighted by Gasteiger charge is -2.08. The van der Waals surface area contributed by atoms with Crippen molar-refractivity contribution in [3.63, 3.8) is 0 Å². The maximum Gasteiger partial charge on any atom is 0.270 e. The lowest BCUT2D eigenvalue weighted by atomic mass is 10.1. The smallest absolute Gasteiger partial charge is 0.270 e. The number of nitro groups is 1. The van der Waals surface area contributed by atoms with E-state index in [0.717, 1.165) is 11.8 Å². The predicted octanol–water partition coefficient (Wildman–Crippen LogP) is 1.43. The molecule has 0 atom stereocenters. The van der Waals surface area contributed by atoms with Gasteiger partial charge in [-0.3, -0.25) is 19.7 Å². The van der Waals surface area contributed by atoms with E-state index in [9.17, 15) is 19.7 Å². The number of nitrogens with one attached hydrogen (secondary N) is 1. The topological polar surface area (TPSA) is 92.6 Å². The molecule has 0 unspecified atom stereocenters. The predicted molar refractivity (Wildman–Crippen MR) is 81.8 cm³/mol. The highest BCUT2D eigenvalue weighted by molar-refractivity contribution is 8.27. The maximum absolute atomic E-state index is 12.3. The van der Waals surface area contributed by atoms with Crippen molar-refractivity contribution in [2.75, 3.05) is 11.9 Å². The highest BCUT2D eigenvalue weighted by Crippen LogP contribution is 2.43. The number of thioether (sulfide) groups is 1. The summed E-state index contributed by atoms with van der Waals surface area (Å²) in [5.41, 5.74) is 0.915. The molecule has 2 heterocycles. The van der Waals surface area contributed by atoms with Gasteiger partial charge in [0.05, 0.1) is 21.1 Å². The van der Waals surface area contributed by atoms with E-state index in [1.54, 1.807) is 7.05 Å². The summed E-state index contributed by atoms with van der Waals surface area (Å²) in [6.45, 7) is 0. The molecule has 0 aromatic heterocycles. The maximum atomic E-state index is 12.3. The zero-order valence-electron chi connectivity index (χ0n) is 10.6.